The van der Waals surface area contributed by atoms with E-state index in [2.05, 4.69) is 24.0 Å². The van der Waals surface area contributed by atoms with E-state index in [1.807, 2.05) is 127 Å². The summed E-state index contributed by atoms with van der Waals surface area (Å²) in [6, 6.07) is 47.5. The van der Waals surface area contributed by atoms with Crippen molar-refractivity contribution in [2.24, 2.45) is 15.5 Å². The molecule has 4 heterocycles. The van der Waals surface area contributed by atoms with Gasteiger partial charge in [-0.1, -0.05) is 159 Å². The van der Waals surface area contributed by atoms with Gasteiger partial charge in [-0.3, -0.25) is 4.90 Å². The van der Waals surface area contributed by atoms with Gasteiger partial charge in [0.05, 0.1) is 36.3 Å². The summed E-state index contributed by atoms with van der Waals surface area (Å²) in [4.78, 5) is 23.7. The zero-order valence-electron chi connectivity index (χ0n) is 32.4. The monoisotopic (exact) mass is 906 g/mol. The maximum atomic E-state index is 7.45. The fourth-order valence-corrected chi connectivity index (χ4v) is 10.2. The van der Waals surface area contributed by atoms with Crippen molar-refractivity contribution >= 4 is 75.3 Å². The summed E-state index contributed by atoms with van der Waals surface area (Å²) in [6.45, 7) is 2.54. The standard InChI is InChI=1S/C48H35Cl5N4O4/c1-29(30-9-3-2-4-10-30)57-27-46(41(37-11-5-7-13-39(37)52)43(54-59-46)31-15-21-34(49)22-16-31)48(58-45(56-61-48)33-19-25-36(51)26-20-33)47(28-57)42(38-12-6-8-14-40(38)53)44(55-60-47)32-17-23-35(50)24-18-32/h2-26,29,41-42H,27-28H2,1H3/t29-,41-,42+,46-,47+,48?/m1/s1. The van der Waals surface area contributed by atoms with Gasteiger partial charge in [-0.05, 0) is 89.4 Å². The molecule has 0 bridgehead atoms. The van der Waals surface area contributed by atoms with E-state index in [-0.39, 0.29) is 25.0 Å². The maximum Gasteiger partial charge on any atom is 0.366 e. The molecular weight excluding hydrogens is 874 g/mol. The Morgan fingerprint density at radius 1 is 0.508 bits per heavy atom. The lowest BCUT2D eigenvalue weighted by Crippen LogP contribution is -2.81. The first-order valence-corrected chi connectivity index (χ1v) is 21.5. The van der Waals surface area contributed by atoms with Gasteiger partial charge in [0.2, 0.25) is 11.2 Å². The van der Waals surface area contributed by atoms with Crippen LogP contribution in [0.25, 0.3) is 0 Å². The molecule has 13 heteroatoms. The number of ether oxygens (including phenoxy) is 1. The Labute approximate surface area is 377 Å². The lowest BCUT2D eigenvalue weighted by atomic mass is 9.60. The number of piperidine rings is 1. The van der Waals surface area contributed by atoms with E-state index >= 15 is 0 Å². The minimum absolute atomic E-state index is 0.183. The summed E-state index contributed by atoms with van der Waals surface area (Å²) in [5.74, 6) is -3.31. The third-order valence-corrected chi connectivity index (χ3v) is 13.7. The number of oxime groups is 3. The Morgan fingerprint density at radius 2 is 0.934 bits per heavy atom. The van der Waals surface area contributed by atoms with Crippen LogP contribution in [0.5, 0.6) is 0 Å². The zero-order valence-corrected chi connectivity index (χ0v) is 36.2. The number of benzene rings is 6. The minimum Gasteiger partial charge on any atom is -0.423 e. The van der Waals surface area contributed by atoms with Crippen molar-refractivity contribution in [1.29, 1.82) is 0 Å². The number of rotatable bonds is 7. The van der Waals surface area contributed by atoms with Crippen LogP contribution in [0.4, 0.5) is 0 Å². The Kier molecular flexibility index (Phi) is 10.3. The molecule has 6 atom stereocenters. The van der Waals surface area contributed by atoms with E-state index in [0.29, 0.717) is 42.1 Å². The Morgan fingerprint density at radius 3 is 1.39 bits per heavy atom. The minimum atomic E-state index is -1.97. The van der Waals surface area contributed by atoms with Gasteiger partial charge >= 0.3 is 5.79 Å². The lowest BCUT2D eigenvalue weighted by Gasteiger charge is -2.58. The van der Waals surface area contributed by atoms with E-state index in [1.165, 1.54) is 0 Å². The molecule has 6 aromatic carbocycles. The second-order valence-electron chi connectivity index (χ2n) is 15.5. The Hall–Kier alpha value is -5.06. The van der Waals surface area contributed by atoms with E-state index in [4.69, 9.17) is 92.7 Å². The number of fused-ring (bicyclic) bond motifs is 2. The SMILES string of the molecule is C[C@H](c1ccccc1)N1C[C@@]2(ON=C(c3ccc(Cl)cc3)[C@@H]2c2ccccc2Cl)C2(ON=C(c3ccc(Cl)cc3)O2)[C@]2(C1)ON=C(c1ccc(Cl)cc1)[C@H]2c1ccccc1Cl. The van der Waals surface area contributed by atoms with Crippen molar-refractivity contribution in [3.8, 4) is 0 Å². The van der Waals surface area contributed by atoms with Crippen molar-refractivity contribution < 1.29 is 19.2 Å². The first-order valence-electron chi connectivity index (χ1n) is 19.7. The van der Waals surface area contributed by atoms with E-state index in [0.717, 1.165) is 27.8 Å². The van der Waals surface area contributed by atoms with Crippen molar-refractivity contribution in [2.75, 3.05) is 13.1 Å². The molecule has 4 aliphatic rings. The first kappa shape index (κ1) is 40.0. The van der Waals surface area contributed by atoms with Crippen molar-refractivity contribution in [2.45, 2.75) is 41.8 Å². The molecule has 4 aliphatic heterocycles. The van der Waals surface area contributed by atoms with Gasteiger partial charge in [0.15, 0.2) is 0 Å². The van der Waals surface area contributed by atoms with Crippen LogP contribution >= 0.6 is 58.0 Å². The second-order valence-corrected chi connectivity index (χ2v) is 17.7. The summed E-state index contributed by atoms with van der Waals surface area (Å²) in [5.41, 5.74) is 2.55. The molecule has 0 N–H and O–H groups in total. The van der Waals surface area contributed by atoms with Crippen LogP contribution in [-0.4, -0.2) is 52.3 Å². The highest BCUT2D eigenvalue weighted by atomic mass is 35.5. The van der Waals surface area contributed by atoms with Crippen molar-refractivity contribution in [3.05, 3.63) is 210 Å². The lowest BCUT2D eigenvalue weighted by molar-refractivity contribution is -0.383. The molecule has 306 valence electrons. The van der Waals surface area contributed by atoms with Crippen LogP contribution in [0.2, 0.25) is 25.1 Å². The number of hydrogen-bond acceptors (Lipinski definition) is 8. The van der Waals surface area contributed by atoms with E-state index in [1.54, 1.807) is 12.1 Å². The van der Waals surface area contributed by atoms with E-state index < -0.39 is 28.8 Å². The predicted molar refractivity (Wildman–Crippen MR) is 241 cm³/mol. The fraction of sp³-hybridized carbons (Fsp3) is 0.188. The zero-order chi connectivity index (χ0) is 41.9. The van der Waals surface area contributed by atoms with Crippen LogP contribution in [0.1, 0.15) is 58.2 Å². The molecule has 61 heavy (non-hydrogen) atoms. The number of likely N-dealkylation sites (tertiary alicyclic amines) is 1. The molecule has 0 amide bonds. The number of nitrogens with zero attached hydrogens (tertiary/aromatic N) is 4. The van der Waals surface area contributed by atoms with Gasteiger partial charge in [-0.15, -0.1) is 0 Å². The summed E-state index contributed by atoms with van der Waals surface area (Å²) in [6.07, 6.45) is 0. The van der Waals surface area contributed by atoms with Crippen LogP contribution in [-0.2, 0) is 19.2 Å². The van der Waals surface area contributed by atoms with Crippen molar-refractivity contribution in [1.82, 2.24) is 4.90 Å². The second kappa shape index (κ2) is 15.7. The smallest absolute Gasteiger partial charge is 0.366 e. The molecule has 0 aromatic heterocycles. The molecule has 1 saturated heterocycles. The van der Waals surface area contributed by atoms with Gasteiger partial charge in [0.1, 0.15) is 0 Å². The molecule has 1 unspecified atom stereocenters. The molecule has 0 radical (unpaired) electrons. The normalized spacial score (nSPS) is 26.0. The Balaban J connectivity index is 1.28. The van der Waals surface area contributed by atoms with Crippen LogP contribution in [0, 0.1) is 0 Å². The largest absolute Gasteiger partial charge is 0.423 e. The molecule has 8 nitrogen and oxygen atoms in total. The topological polar surface area (TPSA) is 77.2 Å². The van der Waals surface area contributed by atoms with Gasteiger partial charge in [-0.2, -0.15) is 0 Å². The van der Waals surface area contributed by atoms with Crippen molar-refractivity contribution in [3.63, 3.8) is 0 Å². The highest BCUT2D eigenvalue weighted by molar-refractivity contribution is 6.33. The Bertz CT molecular complexity index is 2590. The molecule has 0 saturated carbocycles. The van der Waals surface area contributed by atoms with Gasteiger partial charge in [0.25, 0.3) is 5.90 Å². The quantitative estimate of drug-likeness (QED) is 0.159. The average molecular weight is 909 g/mol. The predicted octanol–water partition coefficient (Wildman–Crippen LogP) is 12.3. The molecular formula is C48H35Cl5N4O4. The number of hydrogen-bond donors (Lipinski definition) is 0. The summed E-state index contributed by atoms with van der Waals surface area (Å²) < 4.78 is 7.45. The van der Waals surface area contributed by atoms with Crippen LogP contribution < -0.4 is 0 Å². The third-order valence-electron chi connectivity index (χ3n) is 12.2. The molecule has 3 spiro atoms. The molecule has 10 rings (SSSR count). The first-order chi connectivity index (χ1) is 29.6. The summed E-state index contributed by atoms with van der Waals surface area (Å²) in [7, 11) is 0. The van der Waals surface area contributed by atoms with Gasteiger partial charge in [0, 0.05) is 47.8 Å². The van der Waals surface area contributed by atoms with E-state index in [9.17, 15) is 0 Å². The summed E-state index contributed by atoms with van der Waals surface area (Å²) in [5, 5.41) is 17.4. The molecule has 0 aliphatic carbocycles. The summed E-state index contributed by atoms with van der Waals surface area (Å²) >= 11 is 33.9. The average Bonchev–Trinajstić information content (AvgIpc) is 4.00. The highest BCUT2D eigenvalue weighted by Crippen LogP contribution is 2.64. The van der Waals surface area contributed by atoms with Gasteiger partial charge in [-0.25, -0.2) is 0 Å². The van der Waals surface area contributed by atoms with Gasteiger partial charge < -0.3 is 19.2 Å². The number of halogens is 5. The van der Waals surface area contributed by atoms with Crippen LogP contribution in [0.15, 0.2) is 167 Å². The highest BCUT2D eigenvalue weighted by Gasteiger charge is 2.86. The third kappa shape index (κ3) is 6.50. The fourth-order valence-electron chi connectivity index (χ4n) is 9.30. The van der Waals surface area contributed by atoms with Crippen LogP contribution in [0.3, 0.4) is 0 Å². The molecule has 1 fully saturated rings. The maximum absolute atomic E-state index is 7.45. The molecule has 6 aromatic rings.